The van der Waals surface area contributed by atoms with Gasteiger partial charge in [-0.25, -0.2) is 0 Å². The van der Waals surface area contributed by atoms with Gasteiger partial charge in [0, 0.05) is 6.42 Å². The van der Waals surface area contributed by atoms with Gasteiger partial charge in [-0.2, -0.15) is 0 Å². The topological polar surface area (TPSA) is 50.4 Å². The van der Waals surface area contributed by atoms with Crippen molar-refractivity contribution in [1.82, 2.24) is 0 Å². The van der Waals surface area contributed by atoms with Gasteiger partial charge in [-0.15, -0.1) is 6.42 Å². The number of aliphatic carboxylic acids is 1. The van der Waals surface area contributed by atoms with Crippen molar-refractivity contribution in [2.75, 3.05) is 0 Å². The lowest BCUT2D eigenvalue weighted by molar-refractivity contribution is -0.144. The SMILES string of the molecule is C#CCc1ccc([CH]C2(C(=O)O)C(C)(C)C2(C)C)o1. The van der Waals surface area contributed by atoms with Crippen LogP contribution in [0.1, 0.15) is 39.2 Å². The van der Waals surface area contributed by atoms with Gasteiger partial charge in [-0.3, -0.25) is 4.79 Å². The van der Waals surface area contributed by atoms with Crippen LogP contribution >= 0.6 is 0 Å². The van der Waals surface area contributed by atoms with Crippen LogP contribution in [0.15, 0.2) is 16.5 Å². The van der Waals surface area contributed by atoms with Gasteiger partial charge in [0.1, 0.15) is 11.5 Å². The van der Waals surface area contributed by atoms with E-state index >= 15 is 0 Å². The van der Waals surface area contributed by atoms with Crippen LogP contribution in [0.5, 0.6) is 0 Å². The van der Waals surface area contributed by atoms with Crippen LogP contribution < -0.4 is 0 Å². The lowest BCUT2D eigenvalue weighted by Gasteiger charge is -2.14. The molecular formula is C16H19O3. The average Bonchev–Trinajstić information content (AvgIpc) is 2.65. The number of rotatable bonds is 4. The average molecular weight is 259 g/mol. The third kappa shape index (κ3) is 1.56. The fourth-order valence-electron chi connectivity index (χ4n) is 3.19. The number of hydrogen-bond acceptors (Lipinski definition) is 2. The van der Waals surface area contributed by atoms with Crippen LogP contribution in [0.2, 0.25) is 0 Å². The first-order chi connectivity index (χ1) is 8.70. The molecule has 101 valence electrons. The molecule has 1 aliphatic rings. The lowest BCUT2D eigenvalue weighted by Crippen LogP contribution is -2.24. The molecule has 1 radical (unpaired) electrons. The van der Waals surface area contributed by atoms with E-state index in [2.05, 4.69) is 5.92 Å². The molecule has 1 aromatic rings. The Hall–Kier alpha value is -1.69. The Morgan fingerprint density at radius 1 is 1.37 bits per heavy atom. The standard InChI is InChI=1S/C16H19O3/c1-6-7-11-8-9-12(19-11)10-16(13(17)18)14(2,3)15(16,4)5/h1,8-10H,7H2,2-5H3,(H,17,18). The van der Waals surface area contributed by atoms with E-state index in [-0.39, 0.29) is 10.8 Å². The highest BCUT2D eigenvalue weighted by Crippen LogP contribution is 2.79. The van der Waals surface area contributed by atoms with Crippen LogP contribution in [0.3, 0.4) is 0 Å². The normalized spacial score (nSPS) is 21.6. The van der Waals surface area contributed by atoms with Gasteiger partial charge in [-0.05, 0) is 23.0 Å². The van der Waals surface area contributed by atoms with Crippen molar-refractivity contribution >= 4 is 5.97 Å². The van der Waals surface area contributed by atoms with Gasteiger partial charge >= 0.3 is 5.97 Å². The Morgan fingerprint density at radius 3 is 2.37 bits per heavy atom. The summed E-state index contributed by atoms with van der Waals surface area (Å²) in [5, 5.41) is 9.64. The molecule has 1 N–H and O–H groups in total. The zero-order chi connectivity index (χ0) is 14.5. The molecular weight excluding hydrogens is 240 g/mol. The van der Waals surface area contributed by atoms with Gasteiger partial charge in [0.2, 0.25) is 0 Å². The molecule has 1 aliphatic carbocycles. The number of terminal acetylenes is 1. The largest absolute Gasteiger partial charge is 0.481 e. The molecule has 1 aromatic heterocycles. The molecule has 0 unspecified atom stereocenters. The quantitative estimate of drug-likeness (QED) is 0.845. The molecule has 0 amide bonds. The Morgan fingerprint density at radius 2 is 1.95 bits per heavy atom. The van der Waals surface area contributed by atoms with Crippen LogP contribution in [-0.2, 0) is 11.2 Å². The number of carboxylic acids is 1. The first kappa shape index (κ1) is 13.7. The van der Waals surface area contributed by atoms with Gasteiger partial charge < -0.3 is 9.52 Å². The van der Waals surface area contributed by atoms with Crippen LogP contribution in [0.25, 0.3) is 0 Å². The number of hydrogen-bond donors (Lipinski definition) is 1. The zero-order valence-corrected chi connectivity index (χ0v) is 11.8. The number of carboxylic acid groups (broad SMARTS) is 1. The minimum absolute atomic E-state index is 0.315. The molecule has 0 aliphatic heterocycles. The molecule has 1 saturated carbocycles. The van der Waals surface area contributed by atoms with Crippen molar-refractivity contribution < 1.29 is 14.3 Å². The maximum atomic E-state index is 11.7. The maximum absolute atomic E-state index is 11.7. The van der Waals surface area contributed by atoms with E-state index in [1.54, 1.807) is 18.6 Å². The second-order valence-corrected chi connectivity index (χ2v) is 6.19. The van der Waals surface area contributed by atoms with Crippen molar-refractivity contribution in [1.29, 1.82) is 0 Å². The highest BCUT2D eigenvalue weighted by atomic mass is 16.4. The van der Waals surface area contributed by atoms with E-state index in [9.17, 15) is 9.90 Å². The van der Waals surface area contributed by atoms with Crippen molar-refractivity contribution in [3.05, 3.63) is 30.1 Å². The predicted molar refractivity (Wildman–Crippen MR) is 72.3 cm³/mol. The molecule has 0 spiro atoms. The second-order valence-electron chi connectivity index (χ2n) is 6.19. The number of carbonyl (C=O) groups is 1. The first-order valence-electron chi connectivity index (χ1n) is 6.32. The third-order valence-electron chi connectivity index (χ3n) is 5.13. The zero-order valence-electron chi connectivity index (χ0n) is 11.8. The summed E-state index contributed by atoms with van der Waals surface area (Å²) >= 11 is 0. The Labute approximate surface area is 114 Å². The Bertz CT molecular complexity index is 541. The molecule has 2 rings (SSSR count). The highest BCUT2D eigenvalue weighted by Gasteiger charge is 2.81. The molecule has 0 saturated heterocycles. The van der Waals surface area contributed by atoms with Gasteiger partial charge in [0.25, 0.3) is 0 Å². The number of furan rings is 1. The smallest absolute Gasteiger partial charge is 0.311 e. The highest BCUT2D eigenvalue weighted by molar-refractivity contribution is 5.85. The molecule has 0 bridgehead atoms. The summed E-state index contributed by atoms with van der Waals surface area (Å²) in [6.45, 7) is 7.90. The fourth-order valence-corrected chi connectivity index (χ4v) is 3.19. The van der Waals surface area contributed by atoms with Crippen molar-refractivity contribution in [3.63, 3.8) is 0 Å². The lowest BCUT2D eigenvalue weighted by atomic mass is 9.89. The molecule has 19 heavy (non-hydrogen) atoms. The minimum Gasteiger partial charge on any atom is -0.481 e. The third-order valence-corrected chi connectivity index (χ3v) is 5.13. The maximum Gasteiger partial charge on any atom is 0.311 e. The van der Waals surface area contributed by atoms with E-state index in [0.717, 1.165) is 0 Å². The summed E-state index contributed by atoms with van der Waals surface area (Å²) in [7, 11) is 0. The van der Waals surface area contributed by atoms with Crippen molar-refractivity contribution in [2.45, 2.75) is 34.1 Å². The molecule has 0 aromatic carbocycles. The second kappa shape index (κ2) is 3.90. The van der Waals surface area contributed by atoms with Crippen LogP contribution in [0, 0.1) is 35.0 Å². The summed E-state index contributed by atoms with van der Waals surface area (Å²) in [5.74, 6) is 2.96. The predicted octanol–water partition coefficient (Wildman–Crippen LogP) is 3.14. The van der Waals surface area contributed by atoms with Crippen molar-refractivity contribution in [2.24, 2.45) is 16.2 Å². The monoisotopic (exact) mass is 259 g/mol. The van der Waals surface area contributed by atoms with E-state index < -0.39 is 11.4 Å². The van der Waals surface area contributed by atoms with Crippen LogP contribution in [-0.4, -0.2) is 11.1 Å². The van der Waals surface area contributed by atoms with Gasteiger partial charge in [-0.1, -0.05) is 33.6 Å². The van der Waals surface area contributed by atoms with Crippen LogP contribution in [0.4, 0.5) is 0 Å². The molecule has 3 nitrogen and oxygen atoms in total. The minimum atomic E-state index is -0.898. The van der Waals surface area contributed by atoms with E-state index in [1.807, 2.05) is 27.7 Å². The molecule has 3 heteroatoms. The Balaban J connectivity index is 2.30. The van der Waals surface area contributed by atoms with Gasteiger partial charge in [0.15, 0.2) is 0 Å². The summed E-state index contributed by atoms with van der Waals surface area (Å²) in [4.78, 5) is 11.7. The summed E-state index contributed by atoms with van der Waals surface area (Å²) in [5.41, 5.74) is -1.53. The summed E-state index contributed by atoms with van der Waals surface area (Å²) < 4.78 is 5.58. The Kier molecular flexibility index (Phi) is 2.82. The van der Waals surface area contributed by atoms with E-state index in [0.29, 0.717) is 17.9 Å². The van der Waals surface area contributed by atoms with Crippen molar-refractivity contribution in [3.8, 4) is 12.3 Å². The molecule has 0 atom stereocenters. The fraction of sp³-hybridized carbons (Fsp3) is 0.500. The first-order valence-corrected chi connectivity index (χ1v) is 6.32. The summed E-state index contributed by atoms with van der Waals surface area (Å²) in [6.07, 6.45) is 7.38. The summed E-state index contributed by atoms with van der Waals surface area (Å²) in [6, 6.07) is 3.57. The molecule has 1 heterocycles. The van der Waals surface area contributed by atoms with E-state index in [4.69, 9.17) is 10.8 Å². The van der Waals surface area contributed by atoms with Gasteiger partial charge in [0.05, 0.1) is 11.8 Å². The molecule has 1 fully saturated rings. The van der Waals surface area contributed by atoms with E-state index in [1.165, 1.54) is 0 Å².